The molecule has 0 saturated carbocycles. The maximum atomic E-state index is 4.98. The molecule has 0 amide bonds. The van der Waals surface area contributed by atoms with Gasteiger partial charge in [0.25, 0.3) is 0 Å². The number of fused-ring (bicyclic) bond motifs is 1. The first kappa shape index (κ1) is 13.7. The van der Waals surface area contributed by atoms with Crippen LogP contribution in [0.4, 0.5) is 5.82 Å². The fraction of sp³-hybridized carbons (Fsp3) is 0.474. The van der Waals surface area contributed by atoms with Crippen LogP contribution < -0.4 is 4.90 Å². The van der Waals surface area contributed by atoms with Crippen LogP contribution in [-0.2, 0) is 12.8 Å². The summed E-state index contributed by atoms with van der Waals surface area (Å²) in [6, 6.07) is 8.59. The van der Waals surface area contributed by atoms with Crippen LogP contribution in [0, 0.1) is 6.92 Å². The van der Waals surface area contributed by atoms with Gasteiger partial charge in [-0.2, -0.15) is 0 Å². The molecule has 1 fully saturated rings. The van der Waals surface area contributed by atoms with Gasteiger partial charge in [0.1, 0.15) is 5.82 Å². The van der Waals surface area contributed by atoms with Crippen LogP contribution in [0.1, 0.15) is 42.5 Å². The van der Waals surface area contributed by atoms with E-state index in [1.165, 1.54) is 48.3 Å². The molecule has 0 N–H and O–H groups in total. The van der Waals surface area contributed by atoms with Gasteiger partial charge in [-0.25, -0.2) is 9.97 Å². The van der Waals surface area contributed by atoms with Crippen molar-refractivity contribution in [1.29, 1.82) is 0 Å². The highest BCUT2D eigenvalue weighted by Crippen LogP contribution is 2.32. The van der Waals surface area contributed by atoms with E-state index in [2.05, 4.69) is 36.1 Å². The van der Waals surface area contributed by atoms with Gasteiger partial charge in [0, 0.05) is 29.9 Å². The van der Waals surface area contributed by atoms with Crippen LogP contribution in [-0.4, -0.2) is 23.1 Å². The zero-order valence-corrected chi connectivity index (χ0v) is 13.3. The van der Waals surface area contributed by atoms with Gasteiger partial charge in [-0.05, 0) is 45.4 Å². The first-order chi connectivity index (χ1) is 10.8. The molecule has 1 aliphatic carbocycles. The summed E-state index contributed by atoms with van der Waals surface area (Å²) in [4.78, 5) is 12.4. The lowest BCUT2D eigenvalue weighted by Gasteiger charge is -2.25. The molecule has 0 unspecified atom stereocenters. The highest BCUT2D eigenvalue weighted by Gasteiger charge is 2.23. The van der Waals surface area contributed by atoms with Crippen molar-refractivity contribution in [3.05, 3.63) is 41.1 Å². The van der Waals surface area contributed by atoms with E-state index in [0.717, 1.165) is 37.3 Å². The Bertz CT molecular complexity index is 670. The second kappa shape index (κ2) is 5.71. The fourth-order valence-corrected chi connectivity index (χ4v) is 3.60. The van der Waals surface area contributed by atoms with Crippen molar-refractivity contribution in [2.75, 3.05) is 18.0 Å². The minimum absolute atomic E-state index is 0.905. The summed E-state index contributed by atoms with van der Waals surface area (Å²) in [5.41, 5.74) is 5.13. The van der Waals surface area contributed by atoms with Gasteiger partial charge in [0.15, 0.2) is 5.82 Å². The third kappa shape index (κ3) is 2.49. The number of nitrogens with zero attached hydrogens (tertiary/aromatic N) is 3. The van der Waals surface area contributed by atoms with Gasteiger partial charge >= 0.3 is 0 Å². The van der Waals surface area contributed by atoms with Crippen molar-refractivity contribution in [2.45, 2.75) is 45.4 Å². The van der Waals surface area contributed by atoms with E-state index in [-0.39, 0.29) is 0 Å². The van der Waals surface area contributed by atoms with E-state index in [1.54, 1.807) is 0 Å². The topological polar surface area (TPSA) is 29.0 Å². The number of anilines is 1. The Morgan fingerprint density at radius 1 is 0.864 bits per heavy atom. The summed E-state index contributed by atoms with van der Waals surface area (Å²) in [7, 11) is 0. The van der Waals surface area contributed by atoms with Gasteiger partial charge in [-0.1, -0.05) is 29.8 Å². The minimum Gasteiger partial charge on any atom is -0.356 e. The zero-order chi connectivity index (χ0) is 14.9. The lowest BCUT2D eigenvalue weighted by Crippen LogP contribution is -2.23. The number of aryl methyl sites for hydroxylation is 2. The highest BCUT2D eigenvalue weighted by atomic mass is 15.2. The Morgan fingerprint density at radius 2 is 1.59 bits per heavy atom. The largest absolute Gasteiger partial charge is 0.356 e. The van der Waals surface area contributed by atoms with Crippen LogP contribution in [0.25, 0.3) is 11.4 Å². The van der Waals surface area contributed by atoms with E-state index < -0.39 is 0 Å². The standard InChI is InChI=1S/C19H23N3/c1-14-8-10-15(11-9-14)18-20-17-7-3-2-6-16(17)19(21-18)22-12-4-5-13-22/h8-11H,2-7,12-13H2,1H3. The van der Waals surface area contributed by atoms with Crippen molar-refractivity contribution in [3.8, 4) is 11.4 Å². The lowest BCUT2D eigenvalue weighted by atomic mass is 9.95. The molecule has 1 aliphatic heterocycles. The molecule has 0 bridgehead atoms. The van der Waals surface area contributed by atoms with Crippen LogP contribution in [0.2, 0.25) is 0 Å². The van der Waals surface area contributed by atoms with Gasteiger partial charge in [0.2, 0.25) is 0 Å². The first-order valence-electron chi connectivity index (χ1n) is 8.53. The molecule has 1 aromatic heterocycles. The number of hydrogen-bond donors (Lipinski definition) is 0. The molecule has 3 heteroatoms. The van der Waals surface area contributed by atoms with Crippen LogP contribution >= 0.6 is 0 Å². The van der Waals surface area contributed by atoms with Gasteiger partial charge in [-0.3, -0.25) is 0 Å². The number of rotatable bonds is 2. The van der Waals surface area contributed by atoms with Crippen molar-refractivity contribution in [2.24, 2.45) is 0 Å². The van der Waals surface area contributed by atoms with Crippen molar-refractivity contribution in [1.82, 2.24) is 9.97 Å². The summed E-state index contributed by atoms with van der Waals surface area (Å²) in [6.45, 7) is 4.42. The zero-order valence-electron chi connectivity index (χ0n) is 13.3. The second-order valence-electron chi connectivity index (χ2n) is 6.56. The predicted octanol–water partition coefficient (Wildman–Crippen LogP) is 3.93. The van der Waals surface area contributed by atoms with Gasteiger partial charge in [-0.15, -0.1) is 0 Å². The highest BCUT2D eigenvalue weighted by molar-refractivity contribution is 5.61. The summed E-state index contributed by atoms with van der Waals surface area (Å²) < 4.78 is 0. The average molecular weight is 293 g/mol. The Morgan fingerprint density at radius 3 is 2.36 bits per heavy atom. The third-order valence-corrected chi connectivity index (χ3v) is 4.88. The number of aromatic nitrogens is 2. The average Bonchev–Trinajstić information content (AvgIpc) is 3.09. The summed E-state index contributed by atoms with van der Waals surface area (Å²) in [5.74, 6) is 2.13. The molecule has 3 nitrogen and oxygen atoms in total. The molecule has 2 heterocycles. The second-order valence-corrected chi connectivity index (χ2v) is 6.56. The van der Waals surface area contributed by atoms with Crippen LogP contribution in [0.5, 0.6) is 0 Å². The SMILES string of the molecule is Cc1ccc(-c2nc3c(c(N4CCCC4)n2)CCCC3)cc1. The van der Waals surface area contributed by atoms with Crippen LogP contribution in [0.15, 0.2) is 24.3 Å². The molecule has 1 aromatic carbocycles. The molecular formula is C19H23N3. The van der Waals surface area contributed by atoms with E-state index in [0.29, 0.717) is 0 Å². The van der Waals surface area contributed by atoms with E-state index in [9.17, 15) is 0 Å². The molecule has 1 saturated heterocycles. The summed E-state index contributed by atoms with van der Waals surface area (Å²) >= 11 is 0. The smallest absolute Gasteiger partial charge is 0.161 e. The summed E-state index contributed by atoms with van der Waals surface area (Å²) in [6.07, 6.45) is 7.38. The van der Waals surface area contributed by atoms with Crippen molar-refractivity contribution < 1.29 is 0 Å². The van der Waals surface area contributed by atoms with E-state index in [4.69, 9.17) is 9.97 Å². The quantitative estimate of drug-likeness (QED) is 0.840. The third-order valence-electron chi connectivity index (χ3n) is 4.88. The summed E-state index contributed by atoms with van der Waals surface area (Å²) in [5, 5.41) is 0. The maximum absolute atomic E-state index is 4.98. The van der Waals surface area contributed by atoms with Gasteiger partial charge < -0.3 is 4.90 Å². The van der Waals surface area contributed by atoms with E-state index >= 15 is 0 Å². The first-order valence-corrected chi connectivity index (χ1v) is 8.53. The van der Waals surface area contributed by atoms with Gasteiger partial charge in [0.05, 0.1) is 0 Å². The Balaban J connectivity index is 1.82. The molecule has 2 aliphatic rings. The molecular weight excluding hydrogens is 270 g/mol. The van der Waals surface area contributed by atoms with Crippen molar-refractivity contribution in [3.63, 3.8) is 0 Å². The van der Waals surface area contributed by atoms with Crippen molar-refractivity contribution >= 4 is 5.82 Å². The normalized spacial score (nSPS) is 17.6. The van der Waals surface area contributed by atoms with E-state index in [1.807, 2.05) is 0 Å². The fourth-order valence-electron chi connectivity index (χ4n) is 3.60. The molecule has 114 valence electrons. The predicted molar refractivity (Wildman–Crippen MR) is 90.3 cm³/mol. The molecule has 0 atom stereocenters. The Hall–Kier alpha value is -1.90. The Labute approximate surface area is 132 Å². The maximum Gasteiger partial charge on any atom is 0.161 e. The molecule has 0 radical (unpaired) electrons. The lowest BCUT2D eigenvalue weighted by molar-refractivity contribution is 0.660. The molecule has 2 aromatic rings. The molecule has 0 spiro atoms. The molecule has 4 rings (SSSR count). The number of hydrogen-bond acceptors (Lipinski definition) is 3. The monoisotopic (exact) mass is 293 g/mol. The van der Waals surface area contributed by atoms with Crippen LogP contribution in [0.3, 0.4) is 0 Å². The number of benzene rings is 1. The minimum atomic E-state index is 0.905. The molecule has 22 heavy (non-hydrogen) atoms. The Kier molecular flexibility index (Phi) is 3.57.